The molecule has 4 unspecified atom stereocenters. The number of fused-ring (bicyclic) bond motifs is 1. The molecule has 2 aromatic carbocycles. The first-order valence-corrected chi connectivity index (χ1v) is 16.1. The third kappa shape index (κ3) is 6.38. The van der Waals surface area contributed by atoms with Crippen LogP contribution in [0.1, 0.15) is 48.0 Å². The highest BCUT2D eigenvalue weighted by molar-refractivity contribution is 14.1. The predicted molar refractivity (Wildman–Crippen MR) is 166 cm³/mol. The lowest BCUT2D eigenvalue weighted by Gasteiger charge is -2.33. The Morgan fingerprint density at radius 2 is 1.72 bits per heavy atom. The zero-order chi connectivity index (χ0) is 30.1. The van der Waals surface area contributed by atoms with Gasteiger partial charge in [-0.3, -0.25) is 9.59 Å². The largest absolute Gasteiger partial charge is 0.455 e. The molecule has 10 heteroatoms. The summed E-state index contributed by atoms with van der Waals surface area (Å²) in [6.07, 6.45) is 4.58. The molecule has 4 aliphatic rings. The first-order chi connectivity index (χ1) is 20.8. The number of aliphatic hydroxyl groups is 1. The zero-order valence-electron chi connectivity index (χ0n) is 24.1. The Balaban J connectivity index is 1.28. The number of likely N-dealkylation sites (N-methyl/N-ethyl adjacent to an activating group) is 1. The number of carbonyl (C=O) groups is 3. The summed E-state index contributed by atoms with van der Waals surface area (Å²) in [6.45, 7) is -0.116. The number of nitrogens with one attached hydrogen (secondary N) is 1. The quantitative estimate of drug-likeness (QED) is 0.272. The maximum Gasteiger partial charge on any atom is 0.339 e. The van der Waals surface area contributed by atoms with Crippen molar-refractivity contribution < 1.29 is 33.7 Å². The number of rotatable bonds is 11. The number of esters is 1. The minimum absolute atomic E-state index is 0.0878. The van der Waals surface area contributed by atoms with E-state index in [0.717, 1.165) is 34.8 Å². The molecule has 0 spiro atoms. The van der Waals surface area contributed by atoms with Gasteiger partial charge >= 0.3 is 5.97 Å². The number of amides is 2. The summed E-state index contributed by atoms with van der Waals surface area (Å²) in [5.41, 5.74) is 1.78. The molecule has 43 heavy (non-hydrogen) atoms. The van der Waals surface area contributed by atoms with Gasteiger partial charge < -0.3 is 29.5 Å². The number of nitrogens with zero attached hydrogens (tertiary/aromatic N) is 1. The highest BCUT2D eigenvalue weighted by atomic mass is 127. The Morgan fingerprint density at radius 1 is 1.05 bits per heavy atom. The van der Waals surface area contributed by atoms with Gasteiger partial charge in [0.15, 0.2) is 5.79 Å². The Hall–Kier alpha value is -2.80. The maximum absolute atomic E-state index is 14.1. The van der Waals surface area contributed by atoms with Gasteiger partial charge in [0, 0.05) is 47.4 Å². The summed E-state index contributed by atoms with van der Waals surface area (Å²) in [7, 11) is 1.61. The Labute approximate surface area is 265 Å². The van der Waals surface area contributed by atoms with Gasteiger partial charge in [0.25, 0.3) is 0 Å². The van der Waals surface area contributed by atoms with Crippen LogP contribution in [0.2, 0.25) is 0 Å². The molecule has 2 N–H and O–H groups in total. The molecule has 2 amide bonds. The van der Waals surface area contributed by atoms with Gasteiger partial charge in [-0.15, -0.1) is 0 Å². The van der Waals surface area contributed by atoms with E-state index in [0.29, 0.717) is 29.4 Å². The van der Waals surface area contributed by atoms with Gasteiger partial charge in [0.05, 0.1) is 12.2 Å². The van der Waals surface area contributed by atoms with E-state index in [1.54, 1.807) is 19.2 Å². The second-order valence-electron chi connectivity index (χ2n) is 11.9. The van der Waals surface area contributed by atoms with Crippen LogP contribution in [-0.4, -0.2) is 78.1 Å². The molecule has 1 saturated heterocycles. The second kappa shape index (κ2) is 12.7. The summed E-state index contributed by atoms with van der Waals surface area (Å²) >= 11 is 2.11. The number of hydrogen-bond donors (Lipinski definition) is 2. The van der Waals surface area contributed by atoms with E-state index in [2.05, 4.69) is 27.9 Å². The van der Waals surface area contributed by atoms with Gasteiger partial charge in [-0.2, -0.15) is 0 Å². The standard InChI is InChI=1S/C33H37IN2O7/c1-36(26(30(38)35-15-16-37)17-20-7-3-2-4-8-20)31(39)21-18-27(41-32(40)24-9-5-6-10-25(24)34)29-28(19-21)42-33(43-29,22-11-12-22)23-13-14-23/h2-10,19,22-23,26-29,37H,11-18H2,1H3,(H,35,38). The second-order valence-corrected chi connectivity index (χ2v) is 13.1. The molecular formula is C33H37IN2O7. The van der Waals surface area contributed by atoms with E-state index in [-0.39, 0.29) is 31.4 Å². The van der Waals surface area contributed by atoms with E-state index in [9.17, 15) is 19.5 Å². The Bertz CT molecular complexity index is 1380. The average Bonchev–Trinajstić information content (AvgIpc) is 3.96. The van der Waals surface area contributed by atoms with Gasteiger partial charge in [0.1, 0.15) is 24.4 Å². The minimum atomic E-state index is -0.815. The predicted octanol–water partition coefficient (Wildman–Crippen LogP) is 3.63. The lowest BCUT2D eigenvalue weighted by Crippen LogP contribution is -2.51. The molecule has 228 valence electrons. The molecule has 3 fully saturated rings. The molecule has 6 rings (SSSR count). The van der Waals surface area contributed by atoms with Crippen LogP contribution in [0, 0.1) is 15.4 Å². The molecular weight excluding hydrogens is 663 g/mol. The molecule has 0 radical (unpaired) electrons. The third-order valence-corrected chi connectivity index (χ3v) is 9.75. The molecule has 3 aliphatic carbocycles. The minimum Gasteiger partial charge on any atom is -0.455 e. The van der Waals surface area contributed by atoms with Crippen molar-refractivity contribution in [1.82, 2.24) is 10.2 Å². The molecule has 9 nitrogen and oxygen atoms in total. The van der Waals surface area contributed by atoms with Crippen molar-refractivity contribution in [3.8, 4) is 0 Å². The molecule has 0 aromatic heterocycles. The van der Waals surface area contributed by atoms with Crippen LogP contribution in [0.5, 0.6) is 0 Å². The molecule has 0 bridgehead atoms. The van der Waals surface area contributed by atoms with Crippen LogP contribution in [0.15, 0.2) is 66.2 Å². The van der Waals surface area contributed by atoms with Crippen molar-refractivity contribution in [3.63, 3.8) is 0 Å². The fourth-order valence-electron chi connectivity index (χ4n) is 6.30. The monoisotopic (exact) mass is 700 g/mol. The van der Waals surface area contributed by atoms with E-state index in [4.69, 9.17) is 14.2 Å². The normalized spacial score (nSPS) is 24.8. The van der Waals surface area contributed by atoms with Crippen molar-refractivity contribution in [2.75, 3.05) is 20.2 Å². The molecule has 2 aromatic rings. The molecule has 1 aliphatic heterocycles. The Morgan fingerprint density at radius 3 is 2.37 bits per heavy atom. The lowest BCUT2D eigenvalue weighted by molar-refractivity contribution is -0.209. The van der Waals surface area contributed by atoms with Crippen molar-refractivity contribution in [3.05, 3.63) is 80.9 Å². The van der Waals surface area contributed by atoms with Crippen molar-refractivity contribution in [1.29, 1.82) is 0 Å². The number of ether oxygens (including phenoxy) is 3. The van der Waals surface area contributed by atoms with Gasteiger partial charge in [0.2, 0.25) is 11.8 Å². The fraction of sp³-hybridized carbons (Fsp3) is 0.485. The summed E-state index contributed by atoms with van der Waals surface area (Å²) in [5, 5.41) is 12.0. The van der Waals surface area contributed by atoms with Gasteiger partial charge in [-0.05, 0) is 72.0 Å². The van der Waals surface area contributed by atoms with E-state index >= 15 is 0 Å². The van der Waals surface area contributed by atoms with Crippen LogP contribution in [-0.2, 0) is 30.2 Å². The number of aliphatic hydroxyl groups excluding tert-OH is 1. The maximum atomic E-state index is 14.1. The number of benzene rings is 2. The van der Waals surface area contributed by atoms with E-state index < -0.39 is 36.1 Å². The highest BCUT2D eigenvalue weighted by Crippen LogP contribution is 2.59. The smallest absolute Gasteiger partial charge is 0.339 e. The molecule has 4 atom stereocenters. The first-order valence-electron chi connectivity index (χ1n) is 15.0. The molecule has 1 heterocycles. The van der Waals surface area contributed by atoms with E-state index in [1.807, 2.05) is 48.5 Å². The van der Waals surface area contributed by atoms with Crippen LogP contribution >= 0.6 is 22.6 Å². The van der Waals surface area contributed by atoms with Crippen LogP contribution in [0.4, 0.5) is 0 Å². The van der Waals surface area contributed by atoms with Crippen LogP contribution < -0.4 is 5.32 Å². The van der Waals surface area contributed by atoms with E-state index in [1.165, 1.54) is 4.90 Å². The third-order valence-electron chi connectivity index (χ3n) is 8.81. The zero-order valence-corrected chi connectivity index (χ0v) is 26.3. The lowest BCUT2D eigenvalue weighted by atomic mass is 9.90. The fourth-order valence-corrected chi connectivity index (χ4v) is 6.90. The van der Waals surface area contributed by atoms with Gasteiger partial charge in [-0.25, -0.2) is 4.79 Å². The average molecular weight is 701 g/mol. The number of hydrogen-bond acceptors (Lipinski definition) is 7. The van der Waals surface area contributed by atoms with Gasteiger partial charge in [-0.1, -0.05) is 42.5 Å². The van der Waals surface area contributed by atoms with Crippen LogP contribution in [0.3, 0.4) is 0 Å². The Kier molecular flexibility index (Phi) is 8.91. The van der Waals surface area contributed by atoms with Crippen LogP contribution in [0.25, 0.3) is 0 Å². The number of carbonyl (C=O) groups excluding carboxylic acids is 3. The first kappa shape index (κ1) is 30.2. The molecule has 2 saturated carbocycles. The summed E-state index contributed by atoms with van der Waals surface area (Å²) in [4.78, 5) is 42.1. The highest BCUT2D eigenvalue weighted by Gasteiger charge is 2.64. The van der Waals surface area contributed by atoms with Crippen molar-refractivity contribution >= 4 is 40.4 Å². The summed E-state index contributed by atoms with van der Waals surface area (Å²) < 4.78 is 20.3. The number of halogens is 1. The topological polar surface area (TPSA) is 114 Å². The summed E-state index contributed by atoms with van der Waals surface area (Å²) in [5.74, 6) is -1.27. The van der Waals surface area contributed by atoms with Crippen molar-refractivity contribution in [2.45, 2.75) is 68.7 Å². The van der Waals surface area contributed by atoms with Crippen molar-refractivity contribution in [2.24, 2.45) is 11.8 Å². The summed E-state index contributed by atoms with van der Waals surface area (Å²) in [6, 6.07) is 15.9. The SMILES string of the molecule is CN(C(=O)C1=CC2OC(C3CC3)(C3CC3)OC2C(OC(=O)c2ccccc2I)C1)C(Cc1ccccc1)C(=O)NCCO.